The Morgan fingerprint density at radius 1 is 0.917 bits per heavy atom. The summed E-state index contributed by atoms with van der Waals surface area (Å²) in [5.74, 6) is 0.914. The maximum absolute atomic E-state index is 12.3. The van der Waals surface area contributed by atoms with Gasteiger partial charge in [0.15, 0.2) is 5.82 Å². The smallest absolute Gasteiger partial charge is 0.255 e. The van der Waals surface area contributed by atoms with Crippen molar-refractivity contribution in [1.29, 1.82) is 0 Å². The molecule has 1 N–H and O–H groups in total. The van der Waals surface area contributed by atoms with Crippen molar-refractivity contribution < 1.29 is 4.79 Å². The highest BCUT2D eigenvalue weighted by molar-refractivity contribution is 6.04. The van der Waals surface area contributed by atoms with Gasteiger partial charge in [0.05, 0.1) is 18.1 Å². The normalized spacial score (nSPS) is 10.6. The molecule has 1 amide bonds. The summed E-state index contributed by atoms with van der Waals surface area (Å²) in [5, 5.41) is 2.82. The van der Waals surface area contributed by atoms with E-state index in [0.717, 1.165) is 5.56 Å². The molecular formula is C20H19N3O. The maximum Gasteiger partial charge on any atom is 0.255 e. The number of aromatic nitrogens is 2. The summed E-state index contributed by atoms with van der Waals surface area (Å²) in [4.78, 5) is 20.9. The van der Waals surface area contributed by atoms with Gasteiger partial charge in [0.2, 0.25) is 0 Å². The van der Waals surface area contributed by atoms with Gasteiger partial charge in [0.25, 0.3) is 5.91 Å². The minimum Gasteiger partial charge on any atom is -0.319 e. The van der Waals surface area contributed by atoms with Gasteiger partial charge in [-0.1, -0.05) is 56.3 Å². The molecule has 0 aliphatic carbocycles. The van der Waals surface area contributed by atoms with Crippen molar-refractivity contribution in [2.45, 2.75) is 19.8 Å². The second kappa shape index (κ2) is 7.04. The summed E-state index contributed by atoms with van der Waals surface area (Å²) in [7, 11) is 0. The largest absolute Gasteiger partial charge is 0.319 e. The third-order valence-corrected chi connectivity index (χ3v) is 3.78. The molecule has 24 heavy (non-hydrogen) atoms. The molecule has 0 atom stereocenters. The molecule has 0 unspecified atom stereocenters. The highest BCUT2D eigenvalue weighted by Gasteiger charge is 2.08. The number of carbonyl (C=O) groups excluding carboxylic acids is 1. The molecule has 2 aromatic carbocycles. The van der Waals surface area contributed by atoms with Crippen molar-refractivity contribution in [3.8, 4) is 11.4 Å². The van der Waals surface area contributed by atoms with E-state index >= 15 is 0 Å². The average Bonchev–Trinajstić information content (AvgIpc) is 2.63. The minimum absolute atomic E-state index is 0.165. The average molecular weight is 317 g/mol. The molecule has 3 rings (SSSR count). The van der Waals surface area contributed by atoms with E-state index in [2.05, 4.69) is 29.1 Å². The standard InChI is InChI=1S/C20H19N3O/c1-14(2)15-8-10-17(11-9-15)20(24)23-18-12-21-19(22-13-18)16-6-4-3-5-7-16/h3-14H,1-2H3,(H,23,24). The number of benzene rings is 2. The molecule has 0 bridgehead atoms. The van der Waals surface area contributed by atoms with Gasteiger partial charge in [-0.2, -0.15) is 0 Å². The van der Waals surface area contributed by atoms with Gasteiger partial charge >= 0.3 is 0 Å². The third-order valence-electron chi connectivity index (χ3n) is 3.78. The van der Waals surface area contributed by atoms with Crippen LogP contribution in [0.4, 0.5) is 5.69 Å². The van der Waals surface area contributed by atoms with Crippen molar-refractivity contribution in [3.05, 3.63) is 78.1 Å². The summed E-state index contributed by atoms with van der Waals surface area (Å²) < 4.78 is 0. The van der Waals surface area contributed by atoms with Crippen LogP contribution in [-0.2, 0) is 0 Å². The topological polar surface area (TPSA) is 54.9 Å². The molecule has 4 heteroatoms. The fourth-order valence-electron chi connectivity index (χ4n) is 2.35. The molecule has 4 nitrogen and oxygen atoms in total. The lowest BCUT2D eigenvalue weighted by Gasteiger charge is -2.08. The van der Waals surface area contributed by atoms with Gasteiger partial charge in [-0.15, -0.1) is 0 Å². The first-order chi connectivity index (χ1) is 11.6. The van der Waals surface area contributed by atoms with Crippen LogP contribution in [0.3, 0.4) is 0 Å². The van der Waals surface area contributed by atoms with Gasteiger partial charge in [-0.3, -0.25) is 4.79 Å². The van der Waals surface area contributed by atoms with E-state index in [1.54, 1.807) is 12.4 Å². The van der Waals surface area contributed by atoms with Crippen LogP contribution in [0.5, 0.6) is 0 Å². The summed E-state index contributed by atoms with van der Waals surface area (Å²) in [6.07, 6.45) is 3.24. The predicted octanol–water partition coefficient (Wildman–Crippen LogP) is 4.52. The first-order valence-electron chi connectivity index (χ1n) is 7.92. The second-order valence-corrected chi connectivity index (χ2v) is 5.89. The Balaban J connectivity index is 1.70. The van der Waals surface area contributed by atoms with Crippen molar-refractivity contribution in [2.24, 2.45) is 0 Å². The molecule has 0 aliphatic heterocycles. The second-order valence-electron chi connectivity index (χ2n) is 5.89. The summed E-state index contributed by atoms with van der Waals surface area (Å²) >= 11 is 0. The lowest BCUT2D eigenvalue weighted by molar-refractivity contribution is 0.102. The Labute approximate surface area is 141 Å². The first kappa shape index (κ1) is 15.9. The van der Waals surface area contributed by atoms with Crippen molar-refractivity contribution >= 4 is 11.6 Å². The van der Waals surface area contributed by atoms with Crippen LogP contribution in [0.1, 0.15) is 35.7 Å². The number of rotatable bonds is 4. The summed E-state index contributed by atoms with van der Waals surface area (Å²) in [6.45, 7) is 4.25. The van der Waals surface area contributed by atoms with Crippen LogP contribution < -0.4 is 5.32 Å². The van der Waals surface area contributed by atoms with E-state index in [1.165, 1.54) is 5.56 Å². The van der Waals surface area contributed by atoms with Gasteiger partial charge in [0, 0.05) is 11.1 Å². The van der Waals surface area contributed by atoms with Crippen LogP contribution in [0.15, 0.2) is 67.0 Å². The molecule has 1 aromatic heterocycles. The molecule has 1 heterocycles. The zero-order valence-electron chi connectivity index (χ0n) is 13.7. The highest BCUT2D eigenvalue weighted by atomic mass is 16.1. The number of anilines is 1. The number of carbonyl (C=O) groups is 1. The van der Waals surface area contributed by atoms with E-state index in [9.17, 15) is 4.79 Å². The van der Waals surface area contributed by atoms with E-state index in [0.29, 0.717) is 23.0 Å². The van der Waals surface area contributed by atoms with Crippen molar-refractivity contribution in [2.75, 3.05) is 5.32 Å². The first-order valence-corrected chi connectivity index (χ1v) is 7.92. The Kier molecular flexibility index (Phi) is 4.66. The number of hydrogen-bond acceptors (Lipinski definition) is 3. The SMILES string of the molecule is CC(C)c1ccc(C(=O)Nc2cnc(-c3ccccc3)nc2)cc1. The molecule has 120 valence electrons. The zero-order chi connectivity index (χ0) is 16.9. The lowest BCUT2D eigenvalue weighted by atomic mass is 10.0. The molecule has 0 saturated heterocycles. The molecule has 0 radical (unpaired) electrons. The van der Waals surface area contributed by atoms with Crippen molar-refractivity contribution in [1.82, 2.24) is 9.97 Å². The molecule has 0 fully saturated rings. The summed E-state index contributed by atoms with van der Waals surface area (Å²) in [5.41, 5.74) is 3.35. The van der Waals surface area contributed by atoms with E-state index in [4.69, 9.17) is 0 Å². The lowest BCUT2D eigenvalue weighted by Crippen LogP contribution is -2.12. The minimum atomic E-state index is -0.165. The number of nitrogens with zero attached hydrogens (tertiary/aromatic N) is 2. The predicted molar refractivity (Wildman–Crippen MR) is 96.0 cm³/mol. The Hall–Kier alpha value is -3.01. The highest BCUT2D eigenvalue weighted by Crippen LogP contribution is 2.17. The van der Waals surface area contributed by atoms with E-state index < -0.39 is 0 Å². The van der Waals surface area contributed by atoms with Crippen LogP contribution in [0, 0.1) is 0 Å². The molecular weight excluding hydrogens is 298 g/mol. The van der Waals surface area contributed by atoms with Crippen LogP contribution in [0.2, 0.25) is 0 Å². The van der Waals surface area contributed by atoms with Crippen LogP contribution in [-0.4, -0.2) is 15.9 Å². The Bertz CT molecular complexity index is 810. The van der Waals surface area contributed by atoms with Gasteiger partial charge in [-0.05, 0) is 23.6 Å². The molecule has 3 aromatic rings. The molecule has 0 spiro atoms. The fourth-order valence-corrected chi connectivity index (χ4v) is 2.35. The number of hydrogen-bond donors (Lipinski definition) is 1. The zero-order valence-corrected chi connectivity index (χ0v) is 13.7. The Morgan fingerprint density at radius 2 is 1.54 bits per heavy atom. The molecule has 0 saturated carbocycles. The number of nitrogens with one attached hydrogen (secondary N) is 1. The monoisotopic (exact) mass is 317 g/mol. The van der Waals surface area contributed by atoms with Gasteiger partial charge in [0.1, 0.15) is 0 Å². The van der Waals surface area contributed by atoms with Crippen molar-refractivity contribution in [3.63, 3.8) is 0 Å². The third kappa shape index (κ3) is 3.66. The maximum atomic E-state index is 12.3. The summed E-state index contributed by atoms with van der Waals surface area (Å²) in [6, 6.07) is 17.4. The van der Waals surface area contributed by atoms with E-state index in [1.807, 2.05) is 54.6 Å². The fraction of sp³-hybridized carbons (Fsp3) is 0.150. The van der Waals surface area contributed by atoms with E-state index in [-0.39, 0.29) is 5.91 Å². The number of amides is 1. The van der Waals surface area contributed by atoms with Gasteiger partial charge in [-0.25, -0.2) is 9.97 Å². The molecule has 0 aliphatic rings. The van der Waals surface area contributed by atoms with Crippen LogP contribution >= 0.6 is 0 Å². The van der Waals surface area contributed by atoms with Gasteiger partial charge < -0.3 is 5.32 Å². The quantitative estimate of drug-likeness (QED) is 0.769. The van der Waals surface area contributed by atoms with Crippen LogP contribution in [0.25, 0.3) is 11.4 Å². The Morgan fingerprint density at radius 3 is 2.12 bits per heavy atom.